The molecule has 0 bridgehead atoms. The van der Waals surface area contributed by atoms with Crippen molar-refractivity contribution in [3.63, 3.8) is 0 Å². The summed E-state index contributed by atoms with van der Waals surface area (Å²) in [5.74, 6) is 0.924. The molecule has 2 aromatic rings. The van der Waals surface area contributed by atoms with Crippen molar-refractivity contribution in [2.45, 2.75) is 26.2 Å². The maximum Gasteiger partial charge on any atom is 0.230 e. The van der Waals surface area contributed by atoms with Crippen LogP contribution in [-0.4, -0.2) is 43.1 Å². The van der Waals surface area contributed by atoms with Gasteiger partial charge in [-0.15, -0.1) is 12.4 Å². The monoisotopic (exact) mass is 363 g/mol. The number of carbonyl (C=O) groups excluding carboxylic acids is 1. The zero-order valence-electron chi connectivity index (χ0n) is 15.0. The number of aryl methyl sites for hydroxylation is 1. The molecule has 25 heavy (non-hydrogen) atoms. The summed E-state index contributed by atoms with van der Waals surface area (Å²) in [5, 5.41) is 7.56. The van der Waals surface area contributed by atoms with Crippen molar-refractivity contribution in [2.24, 2.45) is 5.41 Å². The summed E-state index contributed by atoms with van der Waals surface area (Å²) in [6.45, 7) is 3.71. The van der Waals surface area contributed by atoms with Gasteiger partial charge in [0.15, 0.2) is 0 Å². The van der Waals surface area contributed by atoms with E-state index in [1.54, 1.807) is 4.90 Å². The van der Waals surface area contributed by atoms with E-state index in [0.717, 1.165) is 36.4 Å². The summed E-state index contributed by atoms with van der Waals surface area (Å²) in [5.41, 5.74) is 2.63. The van der Waals surface area contributed by atoms with Crippen LogP contribution in [0.2, 0.25) is 0 Å². The van der Waals surface area contributed by atoms with Crippen LogP contribution in [-0.2, 0) is 11.2 Å². The Kier molecular flexibility index (Phi) is 6.25. The lowest BCUT2D eigenvalue weighted by Gasteiger charge is -2.37. The molecule has 0 radical (unpaired) electrons. The van der Waals surface area contributed by atoms with E-state index in [0.29, 0.717) is 13.0 Å². The number of nitrogens with one attached hydrogen (secondary N) is 1. The van der Waals surface area contributed by atoms with Crippen molar-refractivity contribution >= 4 is 18.3 Å². The first-order valence-corrected chi connectivity index (χ1v) is 8.45. The number of halogens is 1. The van der Waals surface area contributed by atoms with E-state index in [2.05, 4.69) is 29.5 Å². The van der Waals surface area contributed by atoms with Gasteiger partial charge in [0.25, 0.3) is 0 Å². The number of amides is 1. The van der Waals surface area contributed by atoms with Gasteiger partial charge >= 0.3 is 0 Å². The van der Waals surface area contributed by atoms with Gasteiger partial charge in [-0.2, -0.15) is 0 Å². The number of nitrogens with zero attached hydrogens (tertiary/aromatic N) is 2. The molecule has 1 aliphatic rings. The van der Waals surface area contributed by atoms with Crippen LogP contribution < -0.4 is 5.32 Å². The van der Waals surface area contributed by atoms with Crippen LogP contribution in [0.3, 0.4) is 0 Å². The standard InChI is InChI=1S/C19H25N3O2.ClH/c1-14-5-7-15(8-6-14)17-11-16(24-21-17)12-19(18(23)22(2)3)9-4-10-20-13-19;/h5-8,11,20H,4,9-10,12-13H2,1-3H3;1H. The minimum atomic E-state index is -0.439. The topological polar surface area (TPSA) is 58.4 Å². The molecule has 1 saturated heterocycles. The molecular weight excluding hydrogens is 338 g/mol. The molecule has 0 aliphatic carbocycles. The van der Waals surface area contributed by atoms with Crippen LogP contribution >= 0.6 is 12.4 Å². The molecule has 136 valence electrons. The molecule has 1 N–H and O–H groups in total. The molecule has 1 amide bonds. The Morgan fingerprint density at radius 1 is 1.32 bits per heavy atom. The fraction of sp³-hybridized carbons (Fsp3) is 0.474. The summed E-state index contributed by atoms with van der Waals surface area (Å²) in [6.07, 6.45) is 2.45. The molecule has 1 fully saturated rings. The molecule has 1 aromatic heterocycles. The number of hydrogen-bond acceptors (Lipinski definition) is 4. The molecule has 0 spiro atoms. The molecule has 2 heterocycles. The van der Waals surface area contributed by atoms with Crippen molar-refractivity contribution in [3.05, 3.63) is 41.7 Å². The molecular formula is C19H26ClN3O2. The van der Waals surface area contributed by atoms with Gasteiger partial charge in [0.1, 0.15) is 11.5 Å². The second-order valence-corrected chi connectivity index (χ2v) is 6.98. The molecule has 6 heteroatoms. The van der Waals surface area contributed by atoms with Gasteiger partial charge in [0, 0.05) is 38.7 Å². The number of piperidine rings is 1. The van der Waals surface area contributed by atoms with E-state index in [4.69, 9.17) is 4.52 Å². The highest BCUT2D eigenvalue weighted by Gasteiger charge is 2.41. The van der Waals surface area contributed by atoms with Gasteiger partial charge in [0.05, 0.1) is 5.41 Å². The van der Waals surface area contributed by atoms with Gasteiger partial charge in [-0.05, 0) is 26.3 Å². The number of benzene rings is 1. The highest BCUT2D eigenvalue weighted by Crippen LogP contribution is 2.33. The van der Waals surface area contributed by atoms with E-state index < -0.39 is 5.41 Å². The highest BCUT2D eigenvalue weighted by molar-refractivity contribution is 5.85. The minimum Gasteiger partial charge on any atom is -0.361 e. The average molecular weight is 364 g/mol. The van der Waals surface area contributed by atoms with E-state index in [9.17, 15) is 4.79 Å². The Labute approximate surface area is 155 Å². The number of aromatic nitrogens is 1. The molecule has 1 atom stereocenters. The first-order valence-electron chi connectivity index (χ1n) is 8.45. The Bertz CT molecular complexity index is 704. The third-order valence-corrected chi connectivity index (χ3v) is 4.75. The number of hydrogen-bond donors (Lipinski definition) is 1. The van der Waals surface area contributed by atoms with Crippen LogP contribution in [0.4, 0.5) is 0 Å². The van der Waals surface area contributed by atoms with E-state index in [1.807, 2.05) is 32.3 Å². The fourth-order valence-corrected chi connectivity index (χ4v) is 3.44. The maximum absolute atomic E-state index is 12.8. The number of carbonyl (C=O) groups is 1. The average Bonchev–Trinajstić information content (AvgIpc) is 3.03. The quantitative estimate of drug-likeness (QED) is 0.906. The second kappa shape index (κ2) is 8.02. The summed E-state index contributed by atoms with van der Waals surface area (Å²) in [6, 6.07) is 10.2. The Morgan fingerprint density at radius 2 is 2.04 bits per heavy atom. The smallest absolute Gasteiger partial charge is 0.230 e. The lowest BCUT2D eigenvalue weighted by molar-refractivity contribution is -0.140. The summed E-state index contributed by atoms with van der Waals surface area (Å²) in [4.78, 5) is 14.4. The third kappa shape index (κ3) is 4.22. The normalized spacial score (nSPS) is 20.0. The summed E-state index contributed by atoms with van der Waals surface area (Å²) in [7, 11) is 3.63. The lowest BCUT2D eigenvalue weighted by Crippen LogP contribution is -2.51. The zero-order chi connectivity index (χ0) is 17.2. The zero-order valence-corrected chi connectivity index (χ0v) is 15.9. The SMILES string of the molecule is Cc1ccc(-c2cc(CC3(C(=O)N(C)C)CCCNC3)on2)cc1.Cl. The fourth-order valence-electron chi connectivity index (χ4n) is 3.44. The second-order valence-electron chi connectivity index (χ2n) is 6.98. The van der Waals surface area contributed by atoms with Gasteiger partial charge in [-0.3, -0.25) is 4.79 Å². The van der Waals surface area contributed by atoms with Crippen molar-refractivity contribution < 1.29 is 9.32 Å². The van der Waals surface area contributed by atoms with Gasteiger partial charge in [-0.25, -0.2) is 0 Å². The van der Waals surface area contributed by atoms with Gasteiger partial charge < -0.3 is 14.7 Å². The largest absolute Gasteiger partial charge is 0.361 e. The van der Waals surface area contributed by atoms with Gasteiger partial charge in [-0.1, -0.05) is 35.0 Å². The van der Waals surface area contributed by atoms with Crippen molar-refractivity contribution in [3.8, 4) is 11.3 Å². The van der Waals surface area contributed by atoms with Crippen LogP contribution in [0.15, 0.2) is 34.9 Å². The Hall–Kier alpha value is -1.85. The molecule has 1 aromatic carbocycles. The van der Waals surface area contributed by atoms with E-state index in [-0.39, 0.29) is 18.3 Å². The molecule has 5 nitrogen and oxygen atoms in total. The molecule has 0 saturated carbocycles. The molecule has 3 rings (SSSR count). The number of rotatable bonds is 4. The lowest BCUT2D eigenvalue weighted by atomic mass is 9.76. The Morgan fingerprint density at radius 3 is 2.64 bits per heavy atom. The maximum atomic E-state index is 12.8. The van der Waals surface area contributed by atoms with Crippen LogP contribution in [0, 0.1) is 12.3 Å². The summed E-state index contributed by atoms with van der Waals surface area (Å²) >= 11 is 0. The first kappa shape index (κ1) is 19.5. The highest BCUT2D eigenvalue weighted by atomic mass is 35.5. The van der Waals surface area contributed by atoms with Crippen molar-refractivity contribution in [1.82, 2.24) is 15.4 Å². The van der Waals surface area contributed by atoms with Crippen molar-refractivity contribution in [1.29, 1.82) is 0 Å². The Balaban J connectivity index is 0.00000225. The van der Waals surface area contributed by atoms with Crippen LogP contribution in [0.5, 0.6) is 0 Å². The minimum absolute atomic E-state index is 0. The summed E-state index contributed by atoms with van der Waals surface area (Å²) < 4.78 is 5.56. The van der Waals surface area contributed by atoms with Crippen molar-refractivity contribution in [2.75, 3.05) is 27.2 Å². The van der Waals surface area contributed by atoms with Gasteiger partial charge in [0.2, 0.25) is 5.91 Å². The van der Waals surface area contributed by atoms with E-state index in [1.165, 1.54) is 5.56 Å². The molecule has 1 aliphatic heterocycles. The first-order chi connectivity index (χ1) is 11.5. The van der Waals surface area contributed by atoms with E-state index >= 15 is 0 Å². The van der Waals surface area contributed by atoms with Crippen LogP contribution in [0.25, 0.3) is 11.3 Å². The predicted octanol–water partition coefficient (Wildman–Crippen LogP) is 3.07. The predicted molar refractivity (Wildman–Crippen MR) is 101 cm³/mol. The van der Waals surface area contributed by atoms with Crippen LogP contribution in [0.1, 0.15) is 24.2 Å². The molecule has 1 unspecified atom stereocenters. The third-order valence-electron chi connectivity index (χ3n) is 4.75.